The number of hydrogen-bond donors (Lipinski definition) is 1. The van der Waals surface area contributed by atoms with Crippen molar-refractivity contribution in [3.05, 3.63) is 39.9 Å². The minimum Gasteiger partial charge on any atom is -0.497 e. The van der Waals surface area contributed by atoms with E-state index in [1.54, 1.807) is 20.2 Å². The third kappa shape index (κ3) is 4.08. The number of likely N-dealkylation sites (N-methyl/N-ethyl adjacent to an activating group) is 1. The summed E-state index contributed by atoms with van der Waals surface area (Å²) in [5.41, 5.74) is 1.73. The van der Waals surface area contributed by atoms with Crippen LogP contribution in [0.3, 0.4) is 0 Å². The molecule has 1 aromatic rings. The number of aliphatic hydroxyl groups excluding tert-OH is 1. The summed E-state index contributed by atoms with van der Waals surface area (Å²) >= 11 is 3.45. The van der Waals surface area contributed by atoms with Crippen LogP contribution in [0.1, 0.15) is 25.5 Å². The molecule has 4 nitrogen and oxygen atoms in total. The van der Waals surface area contributed by atoms with Crippen LogP contribution in [0.15, 0.2) is 34.3 Å². The zero-order valence-electron chi connectivity index (χ0n) is 12.2. The summed E-state index contributed by atoms with van der Waals surface area (Å²) in [5, 5.41) is 9.64. The molecule has 0 fully saturated rings. The van der Waals surface area contributed by atoms with E-state index in [0.717, 1.165) is 15.6 Å². The highest BCUT2D eigenvalue weighted by molar-refractivity contribution is 9.10. The Kier molecular flexibility index (Phi) is 6.23. The van der Waals surface area contributed by atoms with Gasteiger partial charge >= 0.3 is 0 Å². The van der Waals surface area contributed by atoms with E-state index in [4.69, 9.17) is 4.74 Å². The third-order valence-electron chi connectivity index (χ3n) is 2.96. The van der Waals surface area contributed by atoms with Gasteiger partial charge in [-0.15, -0.1) is 0 Å². The lowest BCUT2D eigenvalue weighted by molar-refractivity contribution is -0.127. The second-order valence-corrected chi connectivity index (χ2v) is 5.61. The molecule has 0 saturated carbocycles. The normalized spacial score (nSPS) is 11.7. The summed E-state index contributed by atoms with van der Waals surface area (Å²) in [6, 6.07) is 5.05. The summed E-state index contributed by atoms with van der Waals surface area (Å²) in [6.45, 7) is 3.56. The zero-order chi connectivity index (χ0) is 15.3. The molecule has 0 bridgehead atoms. The molecular formula is C15H20BrNO3. The van der Waals surface area contributed by atoms with Gasteiger partial charge in [0, 0.05) is 17.6 Å². The molecule has 1 amide bonds. The Morgan fingerprint density at radius 2 is 2.15 bits per heavy atom. The van der Waals surface area contributed by atoms with Crippen molar-refractivity contribution >= 4 is 21.8 Å². The maximum Gasteiger partial charge on any atom is 0.246 e. The van der Waals surface area contributed by atoms with Crippen LogP contribution in [0.2, 0.25) is 0 Å². The summed E-state index contributed by atoms with van der Waals surface area (Å²) in [7, 11) is 3.26. The lowest BCUT2D eigenvalue weighted by Gasteiger charge is -2.27. The van der Waals surface area contributed by atoms with Gasteiger partial charge in [0.2, 0.25) is 5.91 Å². The number of benzene rings is 1. The number of hydrogen-bond acceptors (Lipinski definition) is 3. The van der Waals surface area contributed by atoms with Crippen molar-refractivity contribution in [3.8, 4) is 5.75 Å². The van der Waals surface area contributed by atoms with Crippen molar-refractivity contribution in [3.63, 3.8) is 0 Å². The van der Waals surface area contributed by atoms with Gasteiger partial charge in [0.15, 0.2) is 0 Å². The topological polar surface area (TPSA) is 49.8 Å². The number of rotatable bonds is 5. The van der Waals surface area contributed by atoms with Gasteiger partial charge in [-0.3, -0.25) is 4.79 Å². The number of nitrogens with zero attached hydrogens (tertiary/aromatic N) is 1. The molecule has 0 saturated heterocycles. The van der Waals surface area contributed by atoms with Gasteiger partial charge in [-0.2, -0.15) is 0 Å². The first-order chi connectivity index (χ1) is 9.40. The van der Waals surface area contributed by atoms with E-state index >= 15 is 0 Å². The molecular weight excluding hydrogens is 322 g/mol. The molecule has 0 radical (unpaired) electrons. The van der Waals surface area contributed by atoms with Crippen molar-refractivity contribution in [1.29, 1.82) is 0 Å². The molecule has 110 valence electrons. The fourth-order valence-electron chi connectivity index (χ4n) is 1.84. The Balaban J connectivity index is 3.12. The Hall–Kier alpha value is -1.33. The number of allylic oxidation sites excluding steroid dienone is 1. The van der Waals surface area contributed by atoms with E-state index in [9.17, 15) is 9.90 Å². The molecule has 1 aromatic carbocycles. The highest BCUT2D eigenvalue weighted by atomic mass is 79.9. The highest BCUT2D eigenvalue weighted by Gasteiger charge is 2.22. The van der Waals surface area contributed by atoms with E-state index in [-0.39, 0.29) is 12.5 Å². The number of ether oxygens (including phenoxy) is 1. The van der Waals surface area contributed by atoms with Crippen LogP contribution in [0, 0.1) is 0 Å². The van der Waals surface area contributed by atoms with Gasteiger partial charge in [0.05, 0.1) is 19.8 Å². The van der Waals surface area contributed by atoms with E-state index in [0.29, 0.717) is 5.75 Å². The third-order valence-corrected chi connectivity index (χ3v) is 3.68. The van der Waals surface area contributed by atoms with E-state index in [1.165, 1.54) is 4.90 Å². The number of halogens is 1. The first-order valence-corrected chi connectivity index (χ1v) is 7.06. The molecule has 5 heteroatoms. The molecule has 0 spiro atoms. The molecule has 0 aliphatic carbocycles. The molecule has 1 rings (SSSR count). The molecule has 0 aliphatic heterocycles. The van der Waals surface area contributed by atoms with Gasteiger partial charge in [0.1, 0.15) is 5.75 Å². The Labute approximate surface area is 128 Å². The van der Waals surface area contributed by atoms with Crippen LogP contribution in [0.4, 0.5) is 0 Å². The standard InChI is InChI=1S/C15H20BrNO3/c1-10(2)7-15(19)17(3)14(9-18)12-8-11(20-4)5-6-13(12)16/h5-8,14,18H,9H2,1-4H3/t14-/m1/s1. The first-order valence-electron chi connectivity index (χ1n) is 6.26. The summed E-state index contributed by atoms with van der Waals surface area (Å²) in [5.74, 6) is 0.545. The smallest absolute Gasteiger partial charge is 0.246 e. The molecule has 0 heterocycles. The SMILES string of the molecule is COc1ccc(Br)c([C@@H](CO)N(C)C(=O)C=C(C)C)c1. The van der Waals surface area contributed by atoms with Gasteiger partial charge < -0.3 is 14.7 Å². The van der Waals surface area contributed by atoms with Crippen LogP contribution < -0.4 is 4.74 Å². The largest absolute Gasteiger partial charge is 0.497 e. The number of aliphatic hydroxyl groups is 1. The Morgan fingerprint density at radius 1 is 1.50 bits per heavy atom. The zero-order valence-corrected chi connectivity index (χ0v) is 13.8. The quantitative estimate of drug-likeness (QED) is 0.837. The summed E-state index contributed by atoms with van der Waals surface area (Å²) < 4.78 is 6.02. The average molecular weight is 342 g/mol. The van der Waals surface area contributed by atoms with Gasteiger partial charge in [-0.1, -0.05) is 21.5 Å². The number of carbonyl (C=O) groups is 1. The first kappa shape index (κ1) is 16.7. The van der Waals surface area contributed by atoms with Crippen LogP contribution >= 0.6 is 15.9 Å². The summed E-state index contributed by atoms with van der Waals surface area (Å²) in [4.78, 5) is 13.6. The average Bonchev–Trinajstić information content (AvgIpc) is 2.40. The predicted molar refractivity (Wildman–Crippen MR) is 82.7 cm³/mol. The molecule has 1 N–H and O–H groups in total. The van der Waals surface area contributed by atoms with Gasteiger partial charge in [-0.05, 0) is 37.6 Å². The second kappa shape index (κ2) is 7.45. The van der Waals surface area contributed by atoms with E-state index in [2.05, 4.69) is 15.9 Å². The fourth-order valence-corrected chi connectivity index (χ4v) is 2.35. The van der Waals surface area contributed by atoms with Crippen LogP contribution in [-0.4, -0.2) is 36.7 Å². The lowest BCUT2D eigenvalue weighted by Crippen LogP contribution is -2.32. The highest BCUT2D eigenvalue weighted by Crippen LogP contribution is 2.30. The lowest BCUT2D eigenvalue weighted by atomic mass is 10.1. The van der Waals surface area contributed by atoms with Crippen LogP contribution in [-0.2, 0) is 4.79 Å². The molecule has 0 aliphatic rings. The Morgan fingerprint density at radius 3 is 2.65 bits per heavy atom. The van der Waals surface area contributed by atoms with Crippen molar-refractivity contribution in [2.75, 3.05) is 20.8 Å². The molecule has 20 heavy (non-hydrogen) atoms. The maximum atomic E-state index is 12.1. The predicted octanol–water partition coefficient (Wildman–Crippen LogP) is 2.92. The molecule has 1 atom stereocenters. The van der Waals surface area contributed by atoms with E-state index in [1.807, 2.05) is 32.0 Å². The van der Waals surface area contributed by atoms with Gasteiger partial charge in [0.25, 0.3) is 0 Å². The van der Waals surface area contributed by atoms with Crippen molar-refractivity contribution in [2.24, 2.45) is 0 Å². The second-order valence-electron chi connectivity index (χ2n) is 4.76. The minimum atomic E-state index is -0.428. The van der Waals surface area contributed by atoms with Gasteiger partial charge in [-0.25, -0.2) is 0 Å². The number of carbonyl (C=O) groups excluding carboxylic acids is 1. The number of methoxy groups -OCH3 is 1. The molecule has 0 aromatic heterocycles. The number of amides is 1. The van der Waals surface area contributed by atoms with Crippen LogP contribution in [0.25, 0.3) is 0 Å². The summed E-state index contributed by atoms with van der Waals surface area (Å²) in [6.07, 6.45) is 1.55. The molecule has 0 unspecified atom stereocenters. The minimum absolute atomic E-state index is 0.140. The van der Waals surface area contributed by atoms with E-state index < -0.39 is 6.04 Å². The fraction of sp³-hybridized carbons (Fsp3) is 0.400. The maximum absolute atomic E-state index is 12.1. The van der Waals surface area contributed by atoms with Crippen molar-refractivity contribution in [2.45, 2.75) is 19.9 Å². The van der Waals surface area contributed by atoms with Crippen molar-refractivity contribution in [1.82, 2.24) is 4.90 Å². The van der Waals surface area contributed by atoms with Crippen LogP contribution in [0.5, 0.6) is 5.75 Å². The monoisotopic (exact) mass is 341 g/mol. The Bertz CT molecular complexity index is 510. The van der Waals surface area contributed by atoms with Crippen molar-refractivity contribution < 1.29 is 14.6 Å².